The van der Waals surface area contributed by atoms with Crippen molar-refractivity contribution in [2.45, 2.75) is 19.3 Å². The Morgan fingerprint density at radius 2 is 2.10 bits per heavy atom. The maximum absolute atomic E-state index is 11.1. The van der Waals surface area contributed by atoms with Crippen molar-refractivity contribution in [3.63, 3.8) is 0 Å². The molecule has 1 amide bonds. The van der Waals surface area contributed by atoms with Crippen molar-refractivity contribution >= 4 is 5.91 Å². The zero-order chi connectivity index (χ0) is 7.40. The predicted octanol–water partition coefficient (Wildman–Crippen LogP) is 1.18. The van der Waals surface area contributed by atoms with Gasteiger partial charge in [-0.1, -0.05) is 12.2 Å². The Balaban J connectivity index is 2.48. The maximum atomic E-state index is 11.1. The van der Waals surface area contributed by atoms with Gasteiger partial charge in [0.1, 0.15) is 0 Å². The highest BCUT2D eigenvalue weighted by atomic mass is 16.2. The molecule has 0 N–H and O–H groups in total. The fourth-order valence-corrected chi connectivity index (χ4v) is 1.03. The molecule has 10 heavy (non-hydrogen) atoms. The Kier molecular flexibility index (Phi) is 2.49. The summed E-state index contributed by atoms with van der Waals surface area (Å²) in [5.41, 5.74) is 0. The fraction of sp³-hybridized carbons (Fsp3) is 0.625. The molecule has 0 spiro atoms. The van der Waals surface area contributed by atoms with Gasteiger partial charge in [0.25, 0.3) is 0 Å². The van der Waals surface area contributed by atoms with E-state index in [1.54, 1.807) is 4.90 Å². The molecular weight excluding hydrogens is 126 g/mol. The fourth-order valence-electron chi connectivity index (χ4n) is 1.03. The van der Waals surface area contributed by atoms with Crippen molar-refractivity contribution in [1.82, 2.24) is 4.90 Å². The molecule has 0 fully saturated rings. The maximum Gasteiger partial charge on any atom is 0.222 e. The molecule has 0 bridgehead atoms. The standard InChI is InChI=1S/C8H13NO/c1-9-7-5-3-2-4-6-8(9)10/h2-3H,4-7H2,1H3/b3-2+. The van der Waals surface area contributed by atoms with Crippen LogP contribution in [0.3, 0.4) is 0 Å². The summed E-state index contributed by atoms with van der Waals surface area (Å²) in [5, 5.41) is 0. The molecule has 0 unspecified atom stereocenters. The van der Waals surface area contributed by atoms with Crippen LogP contribution >= 0.6 is 0 Å². The topological polar surface area (TPSA) is 20.3 Å². The predicted molar refractivity (Wildman–Crippen MR) is 40.6 cm³/mol. The van der Waals surface area contributed by atoms with Crippen molar-refractivity contribution in [2.24, 2.45) is 0 Å². The molecule has 56 valence electrons. The first kappa shape index (κ1) is 7.32. The number of hydrogen-bond acceptors (Lipinski definition) is 1. The minimum absolute atomic E-state index is 0.268. The van der Waals surface area contributed by atoms with Crippen molar-refractivity contribution in [2.75, 3.05) is 13.6 Å². The highest BCUT2D eigenvalue weighted by molar-refractivity contribution is 5.76. The van der Waals surface area contributed by atoms with Crippen LogP contribution in [0.15, 0.2) is 12.2 Å². The van der Waals surface area contributed by atoms with Gasteiger partial charge in [-0.15, -0.1) is 0 Å². The summed E-state index contributed by atoms with van der Waals surface area (Å²) in [7, 11) is 1.86. The van der Waals surface area contributed by atoms with Gasteiger partial charge in [0, 0.05) is 20.0 Å². The van der Waals surface area contributed by atoms with Gasteiger partial charge in [0.15, 0.2) is 0 Å². The quantitative estimate of drug-likeness (QED) is 0.461. The highest BCUT2D eigenvalue weighted by Crippen LogP contribution is 2.02. The molecule has 1 rings (SSSR count). The number of hydrogen-bond donors (Lipinski definition) is 0. The molecule has 1 aliphatic heterocycles. The summed E-state index contributed by atoms with van der Waals surface area (Å²) in [6, 6.07) is 0. The summed E-state index contributed by atoms with van der Waals surface area (Å²) in [5.74, 6) is 0.268. The zero-order valence-electron chi connectivity index (χ0n) is 6.34. The van der Waals surface area contributed by atoms with E-state index < -0.39 is 0 Å². The first-order valence-corrected chi connectivity index (χ1v) is 3.69. The lowest BCUT2D eigenvalue weighted by Gasteiger charge is -2.16. The van der Waals surface area contributed by atoms with Gasteiger partial charge >= 0.3 is 0 Å². The average molecular weight is 139 g/mol. The van der Waals surface area contributed by atoms with Gasteiger partial charge in [0.2, 0.25) is 5.91 Å². The molecule has 0 aromatic heterocycles. The SMILES string of the molecule is CN1CC/C=C/CCC1=O. The van der Waals surface area contributed by atoms with Crippen LogP contribution in [0, 0.1) is 0 Å². The van der Waals surface area contributed by atoms with Crippen LogP contribution in [0.5, 0.6) is 0 Å². The van der Waals surface area contributed by atoms with Crippen molar-refractivity contribution in [1.29, 1.82) is 0 Å². The van der Waals surface area contributed by atoms with Gasteiger partial charge < -0.3 is 4.90 Å². The van der Waals surface area contributed by atoms with Gasteiger partial charge in [-0.05, 0) is 12.8 Å². The first-order chi connectivity index (χ1) is 4.80. The van der Waals surface area contributed by atoms with Crippen LogP contribution < -0.4 is 0 Å². The lowest BCUT2D eigenvalue weighted by molar-refractivity contribution is -0.129. The molecule has 2 nitrogen and oxygen atoms in total. The summed E-state index contributed by atoms with van der Waals surface area (Å²) in [6.07, 6.45) is 6.81. The number of nitrogens with zero attached hydrogens (tertiary/aromatic N) is 1. The summed E-state index contributed by atoms with van der Waals surface area (Å²) in [6.45, 7) is 0.870. The largest absolute Gasteiger partial charge is 0.345 e. The Bertz CT molecular complexity index is 151. The third kappa shape index (κ3) is 1.87. The number of carbonyl (C=O) groups excluding carboxylic acids is 1. The van der Waals surface area contributed by atoms with E-state index in [-0.39, 0.29) is 5.91 Å². The van der Waals surface area contributed by atoms with E-state index >= 15 is 0 Å². The van der Waals surface area contributed by atoms with E-state index in [1.807, 2.05) is 7.05 Å². The van der Waals surface area contributed by atoms with Crippen molar-refractivity contribution in [3.05, 3.63) is 12.2 Å². The molecule has 0 atom stereocenters. The van der Waals surface area contributed by atoms with Gasteiger partial charge in [-0.2, -0.15) is 0 Å². The minimum atomic E-state index is 0.268. The first-order valence-electron chi connectivity index (χ1n) is 3.69. The summed E-state index contributed by atoms with van der Waals surface area (Å²) in [4.78, 5) is 12.9. The number of carbonyl (C=O) groups is 1. The smallest absolute Gasteiger partial charge is 0.222 e. The number of amides is 1. The normalized spacial score (nSPS) is 23.7. The molecule has 0 aromatic carbocycles. The molecule has 0 aliphatic carbocycles. The van der Waals surface area contributed by atoms with Crippen LogP contribution in [0.25, 0.3) is 0 Å². The second kappa shape index (κ2) is 3.40. The second-order valence-corrected chi connectivity index (χ2v) is 2.61. The van der Waals surface area contributed by atoms with Crippen LogP contribution in [0.2, 0.25) is 0 Å². The molecule has 0 aromatic rings. The van der Waals surface area contributed by atoms with Crippen molar-refractivity contribution < 1.29 is 4.79 Å². The van der Waals surface area contributed by atoms with Crippen LogP contribution in [-0.2, 0) is 4.79 Å². The lowest BCUT2D eigenvalue weighted by atomic mass is 10.2. The van der Waals surface area contributed by atoms with Crippen LogP contribution in [-0.4, -0.2) is 24.4 Å². The second-order valence-electron chi connectivity index (χ2n) is 2.61. The Labute approximate surface area is 61.5 Å². The third-order valence-corrected chi connectivity index (χ3v) is 1.75. The number of rotatable bonds is 0. The molecule has 0 saturated heterocycles. The van der Waals surface area contributed by atoms with Gasteiger partial charge in [-0.25, -0.2) is 0 Å². The highest BCUT2D eigenvalue weighted by Gasteiger charge is 2.07. The zero-order valence-corrected chi connectivity index (χ0v) is 6.34. The molecule has 1 aliphatic rings. The third-order valence-electron chi connectivity index (χ3n) is 1.75. The lowest BCUT2D eigenvalue weighted by Crippen LogP contribution is -2.27. The minimum Gasteiger partial charge on any atom is -0.345 e. The van der Waals surface area contributed by atoms with Crippen LogP contribution in [0.4, 0.5) is 0 Å². The van der Waals surface area contributed by atoms with Gasteiger partial charge in [-0.3, -0.25) is 4.79 Å². The van der Waals surface area contributed by atoms with E-state index in [2.05, 4.69) is 12.2 Å². The molecule has 0 saturated carbocycles. The van der Waals surface area contributed by atoms with Crippen LogP contribution in [0.1, 0.15) is 19.3 Å². The summed E-state index contributed by atoms with van der Waals surface area (Å²) < 4.78 is 0. The Morgan fingerprint density at radius 1 is 1.40 bits per heavy atom. The van der Waals surface area contributed by atoms with E-state index in [4.69, 9.17) is 0 Å². The molecule has 2 heteroatoms. The van der Waals surface area contributed by atoms with E-state index in [1.165, 1.54) is 0 Å². The Hall–Kier alpha value is -0.790. The molecule has 1 heterocycles. The van der Waals surface area contributed by atoms with E-state index in [0.29, 0.717) is 6.42 Å². The average Bonchev–Trinajstić information content (AvgIpc) is 1.92. The Morgan fingerprint density at radius 3 is 2.90 bits per heavy atom. The molecular formula is C8H13NO. The van der Waals surface area contributed by atoms with E-state index in [0.717, 1.165) is 19.4 Å². The summed E-state index contributed by atoms with van der Waals surface area (Å²) >= 11 is 0. The monoisotopic (exact) mass is 139 g/mol. The number of allylic oxidation sites excluding steroid dienone is 1. The molecule has 0 radical (unpaired) electrons. The van der Waals surface area contributed by atoms with Crippen molar-refractivity contribution in [3.8, 4) is 0 Å². The van der Waals surface area contributed by atoms with E-state index in [9.17, 15) is 4.79 Å². The van der Waals surface area contributed by atoms with Gasteiger partial charge in [0.05, 0.1) is 0 Å².